The fraction of sp³-hybridized carbons (Fsp3) is 0.500. The minimum atomic E-state index is -0.186. The summed E-state index contributed by atoms with van der Waals surface area (Å²) in [7, 11) is 0. The number of hydrogen-bond donors (Lipinski definition) is 1. The summed E-state index contributed by atoms with van der Waals surface area (Å²) in [4.78, 5) is 14.5. The lowest BCUT2D eigenvalue weighted by atomic mass is 9.91. The van der Waals surface area contributed by atoms with E-state index in [-0.39, 0.29) is 11.7 Å². The number of carbonyl (C=O) groups excluding carboxylic acids is 1. The monoisotopic (exact) mass is 343 g/mol. The van der Waals surface area contributed by atoms with E-state index in [2.05, 4.69) is 10.2 Å². The quantitative estimate of drug-likeness (QED) is 0.832. The maximum Gasteiger partial charge on any atom is 0.222 e. The minimum Gasteiger partial charge on any atom is -0.342 e. The fourth-order valence-electron chi connectivity index (χ4n) is 3.57. The van der Waals surface area contributed by atoms with Gasteiger partial charge in [-0.1, -0.05) is 12.1 Å². The van der Waals surface area contributed by atoms with Gasteiger partial charge in [0.1, 0.15) is 5.82 Å². The summed E-state index contributed by atoms with van der Waals surface area (Å²) in [6.07, 6.45) is 10.3. The van der Waals surface area contributed by atoms with Crippen molar-refractivity contribution < 1.29 is 9.18 Å². The van der Waals surface area contributed by atoms with E-state index in [1.54, 1.807) is 0 Å². The minimum absolute atomic E-state index is 0.186. The molecule has 0 aliphatic carbocycles. The molecular formula is C20H26FN3O. The van der Waals surface area contributed by atoms with Crippen molar-refractivity contribution in [1.82, 2.24) is 15.1 Å². The fourth-order valence-corrected chi connectivity index (χ4v) is 3.57. The number of hydrogen-bond acceptors (Lipinski definition) is 2. The third-order valence-corrected chi connectivity index (χ3v) is 5.04. The summed E-state index contributed by atoms with van der Waals surface area (Å²) in [5.74, 6) is 0.639. The molecule has 1 amide bonds. The number of halogens is 1. The summed E-state index contributed by atoms with van der Waals surface area (Å²) < 4.78 is 13.0. The standard InChI is InChI=1S/C20H26FN3O/c21-19-10-8-16(9-11-19)6-7-17-4-2-12-24(15-17)20(25)5-1-3-18-13-22-23-14-18/h8-11,13-14,17H,1-7,12,15H2,(H,22,23). The molecule has 1 aliphatic heterocycles. The van der Waals surface area contributed by atoms with Crippen LogP contribution in [0, 0.1) is 11.7 Å². The Bertz CT molecular complexity index is 654. The van der Waals surface area contributed by atoms with Crippen molar-refractivity contribution in [3.8, 4) is 0 Å². The molecule has 1 fully saturated rings. The lowest BCUT2D eigenvalue weighted by molar-refractivity contribution is -0.133. The van der Waals surface area contributed by atoms with Crippen LogP contribution in [0.25, 0.3) is 0 Å². The lowest BCUT2D eigenvalue weighted by Gasteiger charge is -2.33. The summed E-state index contributed by atoms with van der Waals surface area (Å²) in [5.41, 5.74) is 2.33. The van der Waals surface area contributed by atoms with Crippen LogP contribution in [0.3, 0.4) is 0 Å². The maximum absolute atomic E-state index is 13.0. The highest BCUT2D eigenvalue weighted by Crippen LogP contribution is 2.22. The van der Waals surface area contributed by atoms with Crippen molar-refractivity contribution in [2.75, 3.05) is 13.1 Å². The number of nitrogens with one attached hydrogen (secondary N) is 1. The first-order valence-electron chi connectivity index (χ1n) is 9.20. The van der Waals surface area contributed by atoms with E-state index in [0.29, 0.717) is 12.3 Å². The molecule has 1 aromatic heterocycles. The predicted octanol–water partition coefficient (Wildman–Crippen LogP) is 3.74. The van der Waals surface area contributed by atoms with Gasteiger partial charge >= 0.3 is 0 Å². The zero-order valence-corrected chi connectivity index (χ0v) is 14.6. The number of amides is 1. The second-order valence-electron chi connectivity index (χ2n) is 6.97. The lowest BCUT2D eigenvalue weighted by Crippen LogP contribution is -2.40. The molecule has 0 spiro atoms. The molecule has 2 aromatic rings. The van der Waals surface area contributed by atoms with E-state index >= 15 is 0 Å². The van der Waals surface area contributed by atoms with Gasteiger partial charge in [0.15, 0.2) is 0 Å². The molecular weight excluding hydrogens is 317 g/mol. The average Bonchev–Trinajstić information content (AvgIpc) is 3.15. The van der Waals surface area contributed by atoms with Gasteiger partial charge in [0.2, 0.25) is 5.91 Å². The number of H-pyrrole nitrogens is 1. The number of piperidine rings is 1. The van der Waals surface area contributed by atoms with Crippen molar-refractivity contribution in [2.24, 2.45) is 5.92 Å². The molecule has 3 rings (SSSR count). The van der Waals surface area contributed by atoms with Gasteiger partial charge in [-0.3, -0.25) is 9.89 Å². The highest BCUT2D eigenvalue weighted by Gasteiger charge is 2.23. The van der Waals surface area contributed by atoms with Gasteiger partial charge in [0, 0.05) is 25.7 Å². The van der Waals surface area contributed by atoms with Crippen molar-refractivity contribution in [3.05, 3.63) is 53.6 Å². The van der Waals surface area contributed by atoms with Crippen LogP contribution >= 0.6 is 0 Å². The van der Waals surface area contributed by atoms with Crippen LogP contribution in [-0.4, -0.2) is 34.1 Å². The predicted molar refractivity (Wildman–Crippen MR) is 95.6 cm³/mol. The summed E-state index contributed by atoms with van der Waals surface area (Å²) >= 11 is 0. The van der Waals surface area contributed by atoms with Crippen LogP contribution < -0.4 is 0 Å². The molecule has 0 radical (unpaired) electrons. The van der Waals surface area contributed by atoms with E-state index in [9.17, 15) is 9.18 Å². The average molecular weight is 343 g/mol. The molecule has 1 unspecified atom stereocenters. The van der Waals surface area contributed by atoms with Gasteiger partial charge in [-0.25, -0.2) is 4.39 Å². The Morgan fingerprint density at radius 1 is 1.24 bits per heavy atom. The molecule has 1 N–H and O–H groups in total. The van der Waals surface area contributed by atoms with Gasteiger partial charge in [0.25, 0.3) is 0 Å². The van der Waals surface area contributed by atoms with Gasteiger partial charge in [-0.15, -0.1) is 0 Å². The molecule has 0 saturated carbocycles. The normalized spacial score (nSPS) is 17.6. The zero-order chi connectivity index (χ0) is 17.5. The number of aromatic nitrogens is 2. The topological polar surface area (TPSA) is 49.0 Å². The van der Waals surface area contributed by atoms with Crippen LogP contribution in [0.15, 0.2) is 36.7 Å². The summed E-state index contributed by atoms with van der Waals surface area (Å²) in [6, 6.07) is 6.76. The smallest absolute Gasteiger partial charge is 0.222 e. The van der Waals surface area contributed by atoms with E-state index in [0.717, 1.165) is 50.8 Å². The largest absolute Gasteiger partial charge is 0.342 e. The molecule has 1 aromatic carbocycles. The Labute approximate surface area is 148 Å². The Balaban J connectivity index is 1.40. The van der Waals surface area contributed by atoms with Crippen molar-refractivity contribution in [2.45, 2.75) is 44.9 Å². The number of carbonyl (C=O) groups is 1. The second-order valence-corrected chi connectivity index (χ2v) is 6.97. The third kappa shape index (κ3) is 5.41. The van der Waals surface area contributed by atoms with Crippen LogP contribution in [0.5, 0.6) is 0 Å². The Kier molecular flexibility index (Phi) is 6.20. The molecule has 134 valence electrons. The van der Waals surface area contributed by atoms with Crippen LogP contribution in [0.2, 0.25) is 0 Å². The van der Waals surface area contributed by atoms with E-state index in [4.69, 9.17) is 0 Å². The highest BCUT2D eigenvalue weighted by molar-refractivity contribution is 5.76. The molecule has 1 saturated heterocycles. The van der Waals surface area contributed by atoms with Crippen LogP contribution in [0.4, 0.5) is 4.39 Å². The first-order chi connectivity index (χ1) is 12.2. The van der Waals surface area contributed by atoms with Crippen molar-refractivity contribution in [1.29, 1.82) is 0 Å². The zero-order valence-electron chi connectivity index (χ0n) is 14.6. The molecule has 1 atom stereocenters. The maximum atomic E-state index is 13.0. The molecule has 5 heteroatoms. The molecule has 1 aliphatic rings. The number of aromatic amines is 1. The first kappa shape index (κ1) is 17.6. The molecule has 25 heavy (non-hydrogen) atoms. The Hall–Kier alpha value is -2.17. The number of rotatable bonds is 7. The van der Waals surface area contributed by atoms with E-state index in [1.165, 1.54) is 24.1 Å². The number of aryl methyl sites for hydroxylation is 2. The number of nitrogens with zero attached hydrogens (tertiary/aromatic N) is 2. The van der Waals surface area contributed by atoms with Gasteiger partial charge in [-0.05, 0) is 67.7 Å². The highest BCUT2D eigenvalue weighted by atomic mass is 19.1. The first-order valence-corrected chi connectivity index (χ1v) is 9.20. The number of benzene rings is 1. The van der Waals surface area contributed by atoms with Crippen molar-refractivity contribution in [3.63, 3.8) is 0 Å². The third-order valence-electron chi connectivity index (χ3n) is 5.04. The summed E-state index contributed by atoms with van der Waals surface area (Å²) in [5, 5.41) is 6.73. The Morgan fingerprint density at radius 2 is 2.08 bits per heavy atom. The number of likely N-dealkylation sites (tertiary alicyclic amines) is 1. The van der Waals surface area contributed by atoms with Gasteiger partial charge < -0.3 is 4.90 Å². The van der Waals surface area contributed by atoms with Gasteiger partial charge in [-0.2, -0.15) is 5.10 Å². The molecule has 2 heterocycles. The Morgan fingerprint density at radius 3 is 2.84 bits per heavy atom. The summed E-state index contributed by atoms with van der Waals surface area (Å²) in [6.45, 7) is 1.75. The van der Waals surface area contributed by atoms with Crippen molar-refractivity contribution >= 4 is 5.91 Å². The van der Waals surface area contributed by atoms with E-state index < -0.39 is 0 Å². The second kappa shape index (κ2) is 8.79. The SMILES string of the molecule is O=C(CCCc1cn[nH]c1)N1CCCC(CCc2ccc(F)cc2)C1. The molecule has 4 nitrogen and oxygen atoms in total. The molecule has 0 bridgehead atoms. The van der Waals surface area contributed by atoms with E-state index in [1.807, 2.05) is 29.4 Å². The van der Waals surface area contributed by atoms with Crippen LogP contribution in [0.1, 0.15) is 43.2 Å². The van der Waals surface area contributed by atoms with Gasteiger partial charge in [0.05, 0.1) is 6.20 Å². The van der Waals surface area contributed by atoms with Crippen LogP contribution in [-0.2, 0) is 17.6 Å².